The molecule has 19 heavy (non-hydrogen) atoms. The fourth-order valence-corrected chi connectivity index (χ4v) is 3.58. The topological polar surface area (TPSA) is 72.2 Å². The van der Waals surface area contributed by atoms with Crippen molar-refractivity contribution in [2.75, 3.05) is 5.73 Å². The van der Waals surface area contributed by atoms with E-state index in [9.17, 15) is 8.42 Å². The molecule has 4 nitrogen and oxygen atoms in total. The second kappa shape index (κ2) is 6.42. The Balaban J connectivity index is 3.14. The van der Waals surface area contributed by atoms with Crippen LogP contribution in [-0.2, 0) is 10.0 Å². The molecule has 0 aliphatic rings. The van der Waals surface area contributed by atoms with Gasteiger partial charge in [0, 0.05) is 10.2 Å². The van der Waals surface area contributed by atoms with E-state index in [2.05, 4.69) is 26.6 Å². The van der Waals surface area contributed by atoms with Gasteiger partial charge in [0.05, 0.1) is 10.9 Å². The van der Waals surface area contributed by atoms with Crippen LogP contribution in [0.15, 0.2) is 21.5 Å². The lowest BCUT2D eigenvalue weighted by atomic mass is 10.2. The Kier molecular flexibility index (Phi) is 5.41. The lowest BCUT2D eigenvalue weighted by molar-refractivity contribution is 0.564. The quantitative estimate of drug-likeness (QED) is 0.636. The summed E-state index contributed by atoms with van der Waals surface area (Å²) in [4.78, 5) is 0.157. The first-order valence-corrected chi connectivity index (χ1v) is 8.13. The summed E-state index contributed by atoms with van der Waals surface area (Å²) in [6.45, 7) is 3.66. The molecule has 1 aromatic rings. The molecule has 0 radical (unpaired) electrons. The first kappa shape index (κ1) is 16.0. The summed E-state index contributed by atoms with van der Waals surface area (Å²) < 4.78 is 27.8. The number of sulfonamides is 1. The number of nitrogens with two attached hydrogens (primary N) is 1. The number of nitrogens with one attached hydrogen (secondary N) is 1. The fraction of sp³-hybridized carbons (Fsp3) is 0.385. The van der Waals surface area contributed by atoms with E-state index in [1.54, 1.807) is 13.0 Å². The van der Waals surface area contributed by atoms with E-state index in [0.717, 1.165) is 6.42 Å². The fourth-order valence-electron chi connectivity index (χ4n) is 1.67. The molecule has 0 amide bonds. The zero-order valence-corrected chi connectivity index (χ0v) is 13.3. The number of hydrogen-bond acceptors (Lipinski definition) is 3. The van der Waals surface area contributed by atoms with Crippen molar-refractivity contribution in [1.29, 1.82) is 0 Å². The Hall–Kier alpha value is -1.03. The Bertz CT molecular complexity index is 606. The summed E-state index contributed by atoms with van der Waals surface area (Å²) in [6.07, 6.45) is 6.73. The third kappa shape index (κ3) is 3.96. The predicted octanol–water partition coefficient (Wildman–Crippen LogP) is 2.42. The van der Waals surface area contributed by atoms with Crippen molar-refractivity contribution in [2.45, 2.75) is 37.6 Å². The molecule has 3 N–H and O–H groups in total. The molecular weight excluding hydrogens is 328 g/mol. The van der Waals surface area contributed by atoms with Crippen LogP contribution in [0.5, 0.6) is 0 Å². The lowest BCUT2D eigenvalue weighted by Gasteiger charge is -2.15. The predicted molar refractivity (Wildman–Crippen MR) is 81.1 cm³/mol. The number of halogens is 1. The molecule has 0 saturated heterocycles. The molecule has 0 aliphatic carbocycles. The molecule has 0 fully saturated rings. The van der Waals surface area contributed by atoms with Gasteiger partial charge >= 0.3 is 0 Å². The van der Waals surface area contributed by atoms with Gasteiger partial charge in [-0.2, -0.15) is 4.72 Å². The number of hydrogen-bond donors (Lipinski definition) is 2. The summed E-state index contributed by atoms with van der Waals surface area (Å²) in [6, 6.07) is 2.61. The van der Waals surface area contributed by atoms with Crippen LogP contribution in [0.25, 0.3) is 0 Å². The van der Waals surface area contributed by atoms with Gasteiger partial charge in [0.1, 0.15) is 0 Å². The highest BCUT2D eigenvalue weighted by Gasteiger charge is 2.21. The minimum atomic E-state index is -3.66. The molecule has 0 spiro atoms. The second-order valence-corrected chi connectivity index (χ2v) is 6.81. The van der Waals surface area contributed by atoms with Crippen LogP contribution in [0, 0.1) is 19.3 Å². The van der Waals surface area contributed by atoms with Gasteiger partial charge in [-0.15, -0.1) is 6.42 Å². The molecule has 0 heterocycles. The number of terminal acetylenes is 1. The van der Waals surface area contributed by atoms with Crippen molar-refractivity contribution in [1.82, 2.24) is 4.72 Å². The minimum absolute atomic E-state index is 0.157. The zero-order valence-electron chi connectivity index (χ0n) is 10.9. The molecule has 6 heteroatoms. The van der Waals surface area contributed by atoms with Crippen LogP contribution in [0.1, 0.15) is 25.3 Å². The molecule has 0 bridgehead atoms. The largest absolute Gasteiger partial charge is 0.398 e. The van der Waals surface area contributed by atoms with Crippen molar-refractivity contribution in [2.24, 2.45) is 0 Å². The van der Waals surface area contributed by atoms with Gasteiger partial charge in [-0.05, 0) is 47.0 Å². The van der Waals surface area contributed by atoms with Gasteiger partial charge in [-0.25, -0.2) is 8.42 Å². The van der Waals surface area contributed by atoms with E-state index in [0.29, 0.717) is 22.1 Å². The van der Waals surface area contributed by atoms with Crippen LogP contribution < -0.4 is 10.5 Å². The Morgan fingerprint density at radius 2 is 2.16 bits per heavy atom. The van der Waals surface area contributed by atoms with E-state index in [4.69, 9.17) is 12.2 Å². The molecule has 104 valence electrons. The molecule has 1 aromatic carbocycles. The SMILES string of the molecule is C#CC(CCC)NS(=O)(=O)c1cc(N)c(Br)cc1C. The van der Waals surface area contributed by atoms with E-state index >= 15 is 0 Å². The van der Waals surface area contributed by atoms with Crippen molar-refractivity contribution >= 4 is 31.6 Å². The first-order chi connectivity index (χ1) is 8.81. The summed E-state index contributed by atoms with van der Waals surface area (Å²) in [5.74, 6) is 2.44. The lowest BCUT2D eigenvalue weighted by Crippen LogP contribution is -2.34. The maximum absolute atomic E-state index is 12.3. The highest BCUT2D eigenvalue weighted by molar-refractivity contribution is 9.10. The normalized spacial score (nSPS) is 12.9. The number of rotatable bonds is 5. The Morgan fingerprint density at radius 3 is 2.68 bits per heavy atom. The average Bonchev–Trinajstić information content (AvgIpc) is 2.32. The molecule has 1 unspecified atom stereocenters. The van der Waals surface area contributed by atoms with Gasteiger partial charge in [0.15, 0.2) is 0 Å². The Morgan fingerprint density at radius 1 is 1.53 bits per heavy atom. The van der Waals surface area contributed by atoms with Gasteiger partial charge in [-0.3, -0.25) is 0 Å². The molecular formula is C13H17BrN2O2S. The van der Waals surface area contributed by atoms with Crippen LogP contribution >= 0.6 is 15.9 Å². The first-order valence-electron chi connectivity index (χ1n) is 5.86. The summed E-state index contributed by atoms with van der Waals surface area (Å²) >= 11 is 3.26. The standard InChI is InChI=1S/C13H17BrN2O2S/c1-4-6-10(5-2)16-19(17,18)13-8-12(15)11(14)7-9(13)3/h2,7-8,10,16H,4,6,15H2,1,3H3. The maximum atomic E-state index is 12.3. The molecule has 1 atom stereocenters. The van der Waals surface area contributed by atoms with E-state index < -0.39 is 16.1 Å². The highest BCUT2D eigenvalue weighted by atomic mass is 79.9. The number of aryl methyl sites for hydroxylation is 1. The maximum Gasteiger partial charge on any atom is 0.241 e. The van der Waals surface area contributed by atoms with Gasteiger partial charge in [-0.1, -0.05) is 19.3 Å². The summed E-state index contributed by atoms with van der Waals surface area (Å²) in [5.41, 5.74) is 6.71. The molecule has 0 saturated carbocycles. The third-order valence-electron chi connectivity index (χ3n) is 2.66. The van der Waals surface area contributed by atoms with Crippen LogP contribution in [0.3, 0.4) is 0 Å². The van der Waals surface area contributed by atoms with Crippen molar-refractivity contribution < 1.29 is 8.42 Å². The Labute approximate surface area is 123 Å². The van der Waals surface area contributed by atoms with Crippen LogP contribution in [0.2, 0.25) is 0 Å². The van der Waals surface area contributed by atoms with Crippen molar-refractivity contribution in [3.63, 3.8) is 0 Å². The second-order valence-electron chi connectivity index (χ2n) is 4.27. The van der Waals surface area contributed by atoms with Gasteiger partial charge in [0.25, 0.3) is 0 Å². The van der Waals surface area contributed by atoms with Crippen molar-refractivity contribution in [3.8, 4) is 12.3 Å². The monoisotopic (exact) mass is 344 g/mol. The molecule has 0 aromatic heterocycles. The molecule has 1 rings (SSSR count). The van der Waals surface area contributed by atoms with E-state index in [1.807, 2.05) is 6.92 Å². The van der Waals surface area contributed by atoms with Crippen LogP contribution in [0.4, 0.5) is 5.69 Å². The van der Waals surface area contributed by atoms with Gasteiger partial charge < -0.3 is 5.73 Å². The zero-order chi connectivity index (χ0) is 14.6. The summed E-state index contributed by atoms with van der Waals surface area (Å²) in [7, 11) is -3.66. The smallest absolute Gasteiger partial charge is 0.241 e. The van der Waals surface area contributed by atoms with Crippen molar-refractivity contribution in [3.05, 3.63) is 22.2 Å². The molecule has 0 aliphatic heterocycles. The average molecular weight is 345 g/mol. The number of nitrogen functional groups attached to an aromatic ring is 1. The highest BCUT2D eigenvalue weighted by Crippen LogP contribution is 2.26. The van der Waals surface area contributed by atoms with Crippen LogP contribution in [-0.4, -0.2) is 14.5 Å². The number of benzene rings is 1. The van der Waals surface area contributed by atoms with Gasteiger partial charge in [0.2, 0.25) is 10.0 Å². The van der Waals surface area contributed by atoms with E-state index in [-0.39, 0.29) is 4.90 Å². The number of anilines is 1. The van der Waals surface area contributed by atoms with E-state index in [1.165, 1.54) is 6.07 Å². The summed E-state index contributed by atoms with van der Waals surface area (Å²) in [5, 5.41) is 0. The minimum Gasteiger partial charge on any atom is -0.398 e. The third-order valence-corrected chi connectivity index (χ3v) is 4.96.